The Bertz CT molecular complexity index is 858. The zero-order chi connectivity index (χ0) is 21.1. The van der Waals surface area contributed by atoms with Crippen LogP contribution in [0.25, 0.3) is 0 Å². The van der Waals surface area contributed by atoms with E-state index in [9.17, 15) is 15.0 Å². The van der Waals surface area contributed by atoms with Gasteiger partial charge in [0.2, 0.25) is 0 Å². The number of rotatable bonds is 6. The Balaban J connectivity index is 1.48. The first-order valence-electron chi connectivity index (χ1n) is 10.0. The van der Waals surface area contributed by atoms with Crippen molar-refractivity contribution in [2.45, 2.75) is 38.9 Å². The van der Waals surface area contributed by atoms with E-state index in [1.165, 1.54) is 0 Å². The smallest absolute Gasteiger partial charge is 0.252 e. The Morgan fingerprint density at radius 2 is 2.00 bits per heavy atom. The molecule has 2 heterocycles. The average molecular weight is 402 g/mol. The highest BCUT2D eigenvalue weighted by Gasteiger charge is 2.30. The topological polar surface area (TPSA) is 117 Å². The van der Waals surface area contributed by atoms with E-state index in [1.54, 1.807) is 17.8 Å². The molecule has 0 unspecified atom stereocenters. The van der Waals surface area contributed by atoms with Gasteiger partial charge in [-0.25, -0.2) is 4.98 Å². The quantitative estimate of drug-likeness (QED) is 0.538. The summed E-state index contributed by atoms with van der Waals surface area (Å²) in [6, 6.07) is 6.11. The first-order chi connectivity index (χ1) is 13.8. The largest absolute Gasteiger partial charge is 0.397 e. The number of imidazole rings is 1. The maximum atomic E-state index is 12.3. The molecular formula is C21H31N5O3. The number of carbonyl (C=O) groups is 1. The minimum atomic E-state index is -1.55. The van der Waals surface area contributed by atoms with Crippen LogP contribution in [0.2, 0.25) is 0 Å². The van der Waals surface area contributed by atoms with Gasteiger partial charge in [-0.3, -0.25) is 4.79 Å². The third kappa shape index (κ3) is 4.71. The van der Waals surface area contributed by atoms with E-state index in [0.717, 1.165) is 48.6 Å². The van der Waals surface area contributed by atoms with Gasteiger partial charge in [0.25, 0.3) is 5.91 Å². The second kappa shape index (κ2) is 8.84. The molecule has 3 rings (SSSR count). The molecule has 8 heteroatoms. The molecule has 8 nitrogen and oxygen atoms in total. The normalized spacial score (nSPS) is 17.2. The van der Waals surface area contributed by atoms with Crippen LogP contribution in [-0.4, -0.2) is 51.4 Å². The van der Waals surface area contributed by atoms with Crippen LogP contribution in [0.4, 0.5) is 11.4 Å². The summed E-state index contributed by atoms with van der Waals surface area (Å²) < 4.78 is 1.66. The van der Waals surface area contributed by atoms with Crippen molar-refractivity contribution in [3.63, 3.8) is 0 Å². The summed E-state index contributed by atoms with van der Waals surface area (Å²) in [5, 5.41) is 23.3. The van der Waals surface area contributed by atoms with Crippen molar-refractivity contribution in [1.82, 2.24) is 14.9 Å². The molecule has 1 aliphatic rings. The Morgan fingerprint density at radius 3 is 2.59 bits per heavy atom. The molecule has 0 bridgehead atoms. The molecular weight excluding hydrogens is 370 g/mol. The first kappa shape index (κ1) is 21.1. The third-order valence-electron chi connectivity index (χ3n) is 5.79. The SMILES string of the molecule is Cc1ccc(N2CCC(CNC(=O)[C@H](O)[C@@H](O)c3ncc(C)n3C)CC2)c(N)c1. The summed E-state index contributed by atoms with van der Waals surface area (Å²) in [5.41, 5.74) is 9.98. The van der Waals surface area contributed by atoms with Crippen molar-refractivity contribution in [2.75, 3.05) is 30.3 Å². The third-order valence-corrected chi connectivity index (χ3v) is 5.79. The Morgan fingerprint density at radius 1 is 1.31 bits per heavy atom. The number of hydrogen-bond donors (Lipinski definition) is 4. The highest BCUT2D eigenvalue weighted by atomic mass is 16.3. The molecule has 0 spiro atoms. The number of aromatic nitrogens is 2. The summed E-state index contributed by atoms with van der Waals surface area (Å²) >= 11 is 0. The number of anilines is 2. The number of nitrogens with zero attached hydrogens (tertiary/aromatic N) is 3. The number of piperidine rings is 1. The number of benzene rings is 1. The number of carbonyl (C=O) groups excluding carboxylic acids is 1. The predicted octanol–water partition coefficient (Wildman–Crippen LogP) is 1.05. The Kier molecular flexibility index (Phi) is 6.44. The monoisotopic (exact) mass is 401 g/mol. The zero-order valence-corrected chi connectivity index (χ0v) is 17.3. The summed E-state index contributed by atoms with van der Waals surface area (Å²) in [5.74, 6) is 0.0131. The van der Waals surface area contributed by atoms with Gasteiger partial charge in [0, 0.05) is 38.6 Å². The van der Waals surface area contributed by atoms with Gasteiger partial charge in [0.15, 0.2) is 6.10 Å². The molecule has 1 aliphatic heterocycles. The van der Waals surface area contributed by atoms with Gasteiger partial charge in [-0.05, 0) is 50.3 Å². The summed E-state index contributed by atoms with van der Waals surface area (Å²) in [4.78, 5) is 18.6. The zero-order valence-electron chi connectivity index (χ0n) is 17.3. The number of aliphatic hydroxyl groups is 2. The number of aliphatic hydroxyl groups excluding tert-OH is 2. The summed E-state index contributed by atoms with van der Waals surface area (Å²) in [6.07, 6.45) is 0.524. The molecule has 1 saturated heterocycles. The molecule has 2 aromatic rings. The molecule has 5 N–H and O–H groups in total. The van der Waals surface area contributed by atoms with E-state index in [2.05, 4.69) is 27.3 Å². The van der Waals surface area contributed by atoms with E-state index in [-0.39, 0.29) is 5.82 Å². The van der Waals surface area contributed by atoms with E-state index < -0.39 is 18.1 Å². The minimum absolute atomic E-state index is 0.272. The van der Waals surface area contributed by atoms with Gasteiger partial charge in [-0.1, -0.05) is 6.07 Å². The number of nitrogens with one attached hydrogen (secondary N) is 1. The standard InChI is InChI=1S/C21H31N5O3/c1-13-4-5-17(16(22)10-13)26-8-6-15(7-9-26)12-24-21(29)19(28)18(27)20-23-11-14(2)25(20)3/h4-5,10-11,15,18-19,27-28H,6-9,12,22H2,1-3H3,(H,24,29)/t18-,19-/m1/s1. The van der Waals surface area contributed by atoms with Crippen molar-refractivity contribution in [1.29, 1.82) is 0 Å². The number of nitrogen functional groups attached to an aromatic ring is 1. The maximum Gasteiger partial charge on any atom is 0.252 e. The second-order valence-electron chi connectivity index (χ2n) is 7.94. The molecule has 0 saturated carbocycles. The molecule has 29 heavy (non-hydrogen) atoms. The fraction of sp³-hybridized carbons (Fsp3) is 0.524. The molecule has 1 aromatic carbocycles. The van der Waals surface area contributed by atoms with Crippen LogP contribution in [0.5, 0.6) is 0 Å². The van der Waals surface area contributed by atoms with Crippen molar-refractivity contribution in [3.05, 3.63) is 41.5 Å². The lowest BCUT2D eigenvalue weighted by atomic mass is 9.96. The first-order valence-corrected chi connectivity index (χ1v) is 10.0. The van der Waals surface area contributed by atoms with E-state index in [1.807, 2.05) is 19.9 Å². The number of nitrogens with two attached hydrogens (primary N) is 1. The highest BCUT2D eigenvalue weighted by Crippen LogP contribution is 2.28. The van der Waals surface area contributed by atoms with Crippen LogP contribution in [0.15, 0.2) is 24.4 Å². The molecule has 2 atom stereocenters. The molecule has 1 aromatic heterocycles. The van der Waals surface area contributed by atoms with Crippen molar-refractivity contribution in [2.24, 2.45) is 13.0 Å². The predicted molar refractivity (Wildman–Crippen MR) is 112 cm³/mol. The highest BCUT2D eigenvalue weighted by molar-refractivity contribution is 5.81. The van der Waals surface area contributed by atoms with E-state index in [0.29, 0.717) is 12.5 Å². The number of aryl methyl sites for hydroxylation is 2. The van der Waals surface area contributed by atoms with Crippen LogP contribution < -0.4 is 16.0 Å². The minimum Gasteiger partial charge on any atom is -0.397 e. The fourth-order valence-electron chi connectivity index (χ4n) is 3.76. The van der Waals surface area contributed by atoms with Crippen LogP contribution in [-0.2, 0) is 11.8 Å². The maximum absolute atomic E-state index is 12.3. The number of amides is 1. The summed E-state index contributed by atoms with van der Waals surface area (Å²) in [7, 11) is 1.74. The van der Waals surface area contributed by atoms with Crippen LogP contribution in [0.1, 0.15) is 36.0 Å². The van der Waals surface area contributed by atoms with Crippen LogP contribution in [0.3, 0.4) is 0 Å². The molecule has 0 aliphatic carbocycles. The van der Waals surface area contributed by atoms with Crippen LogP contribution >= 0.6 is 0 Å². The van der Waals surface area contributed by atoms with Crippen molar-refractivity contribution < 1.29 is 15.0 Å². The van der Waals surface area contributed by atoms with Gasteiger partial charge in [0.1, 0.15) is 11.9 Å². The van der Waals surface area contributed by atoms with Gasteiger partial charge in [0.05, 0.1) is 11.4 Å². The van der Waals surface area contributed by atoms with Crippen molar-refractivity contribution >= 4 is 17.3 Å². The van der Waals surface area contributed by atoms with E-state index in [4.69, 9.17) is 5.73 Å². The molecule has 0 radical (unpaired) electrons. The van der Waals surface area contributed by atoms with Gasteiger partial charge in [-0.2, -0.15) is 0 Å². The van der Waals surface area contributed by atoms with Crippen molar-refractivity contribution in [3.8, 4) is 0 Å². The molecule has 1 fully saturated rings. The van der Waals surface area contributed by atoms with Gasteiger partial charge in [-0.15, -0.1) is 0 Å². The molecule has 158 valence electrons. The lowest BCUT2D eigenvalue weighted by Gasteiger charge is -2.34. The van der Waals surface area contributed by atoms with Gasteiger partial charge < -0.3 is 30.7 Å². The Labute approximate surface area is 171 Å². The fourth-order valence-corrected chi connectivity index (χ4v) is 3.76. The van der Waals surface area contributed by atoms with E-state index >= 15 is 0 Å². The number of hydrogen-bond acceptors (Lipinski definition) is 6. The lowest BCUT2D eigenvalue weighted by Crippen LogP contribution is -2.43. The van der Waals surface area contributed by atoms with Gasteiger partial charge >= 0.3 is 0 Å². The average Bonchev–Trinajstić information content (AvgIpc) is 3.04. The second-order valence-corrected chi connectivity index (χ2v) is 7.94. The Hall–Kier alpha value is -2.58. The lowest BCUT2D eigenvalue weighted by molar-refractivity contribution is -0.136. The molecule has 1 amide bonds. The summed E-state index contributed by atoms with van der Waals surface area (Å²) in [6.45, 7) is 6.07. The van der Waals surface area contributed by atoms with Crippen LogP contribution in [0, 0.1) is 19.8 Å².